The monoisotopic (exact) mass is 372 g/mol. The van der Waals surface area contributed by atoms with E-state index in [1.54, 1.807) is 14.2 Å². The third-order valence-corrected chi connectivity index (χ3v) is 5.08. The van der Waals surface area contributed by atoms with Crippen LogP contribution in [0.2, 0.25) is 0 Å². The number of benzene rings is 3. The first-order valence-electron chi connectivity index (χ1n) is 9.32. The smallest absolute Gasteiger partial charge is 0.124 e. The number of fused-ring (bicyclic) bond motifs is 1. The molecule has 1 heterocycles. The van der Waals surface area contributed by atoms with Crippen molar-refractivity contribution >= 4 is 16.6 Å². The fourth-order valence-corrected chi connectivity index (χ4v) is 3.73. The van der Waals surface area contributed by atoms with E-state index >= 15 is 0 Å². The van der Waals surface area contributed by atoms with Crippen molar-refractivity contribution in [3.8, 4) is 11.5 Å². The third-order valence-electron chi connectivity index (χ3n) is 5.08. The Morgan fingerprint density at radius 1 is 0.821 bits per heavy atom. The molecule has 3 aromatic carbocycles. The molecule has 0 aliphatic heterocycles. The highest BCUT2D eigenvalue weighted by Gasteiger charge is 2.23. The van der Waals surface area contributed by atoms with E-state index in [1.807, 2.05) is 42.5 Å². The molecule has 4 nitrogen and oxygen atoms in total. The van der Waals surface area contributed by atoms with Gasteiger partial charge in [0.25, 0.3) is 0 Å². The van der Waals surface area contributed by atoms with Crippen molar-refractivity contribution in [2.75, 3.05) is 19.5 Å². The molecule has 0 saturated heterocycles. The minimum absolute atomic E-state index is 0.0688. The Bertz CT molecular complexity index is 1080. The van der Waals surface area contributed by atoms with Gasteiger partial charge < -0.3 is 19.8 Å². The number of aromatic amines is 1. The number of hydrogen-bond donors (Lipinski definition) is 2. The van der Waals surface area contributed by atoms with Crippen LogP contribution in [-0.2, 0) is 0 Å². The lowest BCUT2D eigenvalue weighted by molar-refractivity contribution is 0.408. The standard InChI is InChI=1S/C24H24N2O2/c1-16-23(19-8-4-6-10-21(19)25-16)24(20-9-5-7-11-22(20)28-3)26-17-12-14-18(27-2)15-13-17/h4-15,24-26H,1-3H3. The Kier molecular flexibility index (Phi) is 4.94. The minimum Gasteiger partial charge on any atom is -0.497 e. The van der Waals surface area contributed by atoms with Gasteiger partial charge in [0, 0.05) is 33.4 Å². The second-order valence-electron chi connectivity index (χ2n) is 6.76. The van der Waals surface area contributed by atoms with E-state index in [2.05, 4.69) is 47.6 Å². The van der Waals surface area contributed by atoms with Crippen LogP contribution in [0.25, 0.3) is 10.9 Å². The number of hydrogen-bond acceptors (Lipinski definition) is 3. The average molecular weight is 372 g/mol. The first kappa shape index (κ1) is 18.0. The minimum atomic E-state index is -0.0688. The Hall–Kier alpha value is -3.40. The number of ether oxygens (including phenoxy) is 2. The van der Waals surface area contributed by atoms with Crippen molar-refractivity contribution in [3.63, 3.8) is 0 Å². The molecule has 4 rings (SSSR count). The van der Waals surface area contributed by atoms with Crippen LogP contribution in [0.1, 0.15) is 22.9 Å². The molecule has 0 aliphatic rings. The van der Waals surface area contributed by atoms with Crippen LogP contribution >= 0.6 is 0 Å². The quantitative estimate of drug-likeness (QED) is 0.457. The molecule has 0 fully saturated rings. The highest BCUT2D eigenvalue weighted by atomic mass is 16.5. The molecule has 0 amide bonds. The lowest BCUT2D eigenvalue weighted by atomic mass is 9.95. The number of rotatable bonds is 6. The molecule has 142 valence electrons. The molecular weight excluding hydrogens is 348 g/mol. The summed E-state index contributed by atoms with van der Waals surface area (Å²) < 4.78 is 11.0. The first-order valence-corrected chi connectivity index (χ1v) is 9.32. The lowest BCUT2D eigenvalue weighted by Crippen LogP contribution is -2.14. The van der Waals surface area contributed by atoms with Gasteiger partial charge in [-0.15, -0.1) is 0 Å². The number of aromatic nitrogens is 1. The Labute approximate surface area is 165 Å². The van der Waals surface area contributed by atoms with Gasteiger partial charge in [-0.05, 0) is 43.3 Å². The second-order valence-corrected chi connectivity index (χ2v) is 6.76. The SMILES string of the molecule is COc1ccc(NC(c2ccccc2OC)c2c(C)[nH]c3ccccc23)cc1. The summed E-state index contributed by atoms with van der Waals surface area (Å²) in [5.41, 5.74) is 5.59. The average Bonchev–Trinajstić information content (AvgIpc) is 3.08. The van der Waals surface area contributed by atoms with Crippen LogP contribution in [-0.4, -0.2) is 19.2 Å². The molecular formula is C24H24N2O2. The number of aryl methyl sites for hydroxylation is 1. The third kappa shape index (κ3) is 3.29. The van der Waals surface area contributed by atoms with Gasteiger partial charge in [0.1, 0.15) is 11.5 Å². The molecule has 0 spiro atoms. The van der Waals surface area contributed by atoms with E-state index < -0.39 is 0 Å². The summed E-state index contributed by atoms with van der Waals surface area (Å²) in [5.74, 6) is 1.70. The zero-order valence-electron chi connectivity index (χ0n) is 16.3. The van der Waals surface area contributed by atoms with E-state index in [0.29, 0.717) is 0 Å². The zero-order chi connectivity index (χ0) is 19.5. The lowest BCUT2D eigenvalue weighted by Gasteiger charge is -2.23. The molecule has 1 aromatic heterocycles. The molecule has 4 heteroatoms. The van der Waals surface area contributed by atoms with Gasteiger partial charge in [-0.3, -0.25) is 0 Å². The van der Waals surface area contributed by atoms with Crippen LogP contribution in [0.15, 0.2) is 72.8 Å². The van der Waals surface area contributed by atoms with Crippen molar-refractivity contribution in [1.82, 2.24) is 4.98 Å². The van der Waals surface area contributed by atoms with Crippen molar-refractivity contribution in [3.05, 3.63) is 89.6 Å². The molecule has 1 atom stereocenters. The Morgan fingerprint density at radius 3 is 2.29 bits per heavy atom. The normalized spacial score (nSPS) is 12.0. The number of methoxy groups -OCH3 is 2. The number of anilines is 1. The Balaban J connectivity index is 1.86. The van der Waals surface area contributed by atoms with Crippen LogP contribution in [0.5, 0.6) is 11.5 Å². The fourth-order valence-electron chi connectivity index (χ4n) is 3.73. The van der Waals surface area contributed by atoms with Gasteiger partial charge in [-0.2, -0.15) is 0 Å². The summed E-state index contributed by atoms with van der Waals surface area (Å²) in [6.45, 7) is 2.12. The summed E-state index contributed by atoms with van der Waals surface area (Å²) in [4.78, 5) is 3.52. The van der Waals surface area contributed by atoms with Crippen molar-refractivity contribution in [2.45, 2.75) is 13.0 Å². The second kappa shape index (κ2) is 7.69. The Morgan fingerprint density at radius 2 is 1.54 bits per heavy atom. The van der Waals surface area contributed by atoms with Crippen molar-refractivity contribution < 1.29 is 9.47 Å². The van der Waals surface area contributed by atoms with Crippen LogP contribution in [0, 0.1) is 6.92 Å². The zero-order valence-corrected chi connectivity index (χ0v) is 16.3. The molecule has 0 radical (unpaired) electrons. The van der Waals surface area contributed by atoms with Gasteiger partial charge in [-0.1, -0.05) is 36.4 Å². The molecule has 2 N–H and O–H groups in total. The topological polar surface area (TPSA) is 46.3 Å². The molecule has 0 saturated carbocycles. The van der Waals surface area contributed by atoms with Crippen LogP contribution < -0.4 is 14.8 Å². The number of H-pyrrole nitrogens is 1. The maximum atomic E-state index is 5.68. The number of para-hydroxylation sites is 2. The van der Waals surface area contributed by atoms with Crippen molar-refractivity contribution in [2.24, 2.45) is 0 Å². The predicted molar refractivity (Wildman–Crippen MR) is 114 cm³/mol. The number of nitrogens with one attached hydrogen (secondary N) is 2. The predicted octanol–water partition coefficient (Wildman–Crippen LogP) is 5.70. The maximum Gasteiger partial charge on any atom is 0.124 e. The summed E-state index contributed by atoms with van der Waals surface area (Å²) in [6, 6.07) is 24.5. The van der Waals surface area contributed by atoms with E-state index in [1.165, 1.54) is 10.9 Å². The molecule has 4 aromatic rings. The molecule has 0 bridgehead atoms. The van der Waals surface area contributed by atoms with Gasteiger partial charge in [0.05, 0.1) is 20.3 Å². The molecule has 28 heavy (non-hydrogen) atoms. The van der Waals surface area contributed by atoms with Crippen LogP contribution in [0.3, 0.4) is 0 Å². The summed E-state index contributed by atoms with van der Waals surface area (Å²) in [6.07, 6.45) is 0. The van der Waals surface area contributed by atoms with Gasteiger partial charge in [0.2, 0.25) is 0 Å². The van der Waals surface area contributed by atoms with Gasteiger partial charge in [0.15, 0.2) is 0 Å². The fraction of sp³-hybridized carbons (Fsp3) is 0.167. The van der Waals surface area contributed by atoms with E-state index in [-0.39, 0.29) is 6.04 Å². The first-order chi connectivity index (χ1) is 13.7. The van der Waals surface area contributed by atoms with E-state index in [0.717, 1.165) is 34.0 Å². The largest absolute Gasteiger partial charge is 0.497 e. The highest BCUT2D eigenvalue weighted by molar-refractivity contribution is 5.86. The summed E-state index contributed by atoms with van der Waals surface area (Å²) in [7, 11) is 3.39. The van der Waals surface area contributed by atoms with Crippen molar-refractivity contribution in [1.29, 1.82) is 0 Å². The molecule has 1 unspecified atom stereocenters. The molecule has 0 aliphatic carbocycles. The van der Waals surface area contributed by atoms with Gasteiger partial charge in [-0.25, -0.2) is 0 Å². The van der Waals surface area contributed by atoms with E-state index in [4.69, 9.17) is 9.47 Å². The van der Waals surface area contributed by atoms with Crippen LogP contribution in [0.4, 0.5) is 5.69 Å². The summed E-state index contributed by atoms with van der Waals surface area (Å²) >= 11 is 0. The maximum absolute atomic E-state index is 5.68. The van der Waals surface area contributed by atoms with Gasteiger partial charge >= 0.3 is 0 Å². The summed E-state index contributed by atoms with van der Waals surface area (Å²) in [5, 5.41) is 4.91. The highest BCUT2D eigenvalue weighted by Crippen LogP contribution is 2.38. The van der Waals surface area contributed by atoms with E-state index in [9.17, 15) is 0 Å².